The summed E-state index contributed by atoms with van der Waals surface area (Å²) in [6.07, 6.45) is 3.69. The molecule has 1 unspecified atom stereocenters. The van der Waals surface area contributed by atoms with Crippen LogP contribution >= 0.6 is 11.3 Å². The minimum Gasteiger partial charge on any atom is -0.325 e. The van der Waals surface area contributed by atoms with Crippen LogP contribution in [0, 0.1) is 0 Å². The van der Waals surface area contributed by atoms with E-state index < -0.39 is 23.9 Å². The Morgan fingerprint density at radius 3 is 2.96 bits per heavy atom. The van der Waals surface area contributed by atoms with Crippen LogP contribution in [0.5, 0.6) is 0 Å². The molecule has 3 heterocycles. The van der Waals surface area contributed by atoms with E-state index in [0.29, 0.717) is 5.69 Å². The quantitative estimate of drug-likeness (QED) is 0.664. The number of hydrogen-bond donors (Lipinski definition) is 3. The molecule has 25 heavy (non-hydrogen) atoms. The molecule has 0 bridgehead atoms. The van der Waals surface area contributed by atoms with Crippen molar-refractivity contribution in [3.05, 3.63) is 42.0 Å². The largest absolute Gasteiger partial charge is 0.325 e. The maximum absolute atomic E-state index is 12.4. The summed E-state index contributed by atoms with van der Waals surface area (Å²) >= 11 is 1.52. The molecule has 2 aromatic heterocycles. The molecule has 0 saturated carbocycles. The number of para-hydroxylation sites is 1. The number of anilines is 1. The molecule has 1 saturated heterocycles. The molecule has 1 fully saturated rings. The average molecular weight is 355 g/mol. The number of nitrogens with one attached hydrogen (secondary N) is 3. The first kappa shape index (κ1) is 15.3. The highest BCUT2D eigenvalue weighted by molar-refractivity contribution is 7.15. The summed E-state index contributed by atoms with van der Waals surface area (Å²) in [6, 6.07) is 5.69. The number of aromatic nitrogens is 2. The summed E-state index contributed by atoms with van der Waals surface area (Å²) in [4.78, 5) is 40.6. The average Bonchev–Trinajstić information content (AvgIpc) is 3.16. The molecule has 9 heteroatoms. The summed E-state index contributed by atoms with van der Waals surface area (Å²) in [5, 5.41) is 9.26. The minimum absolute atomic E-state index is 0.0973. The Hall–Kier alpha value is -3.20. The number of nitrogens with zero attached hydrogens (tertiary/aromatic N) is 2. The van der Waals surface area contributed by atoms with Gasteiger partial charge in [-0.2, -0.15) is 0 Å². The number of benzene rings is 1. The number of imidazole rings is 1. The number of carbonyl (C=O) groups excluding carboxylic acids is 3. The number of amides is 4. The van der Waals surface area contributed by atoms with Gasteiger partial charge in [0.05, 0.1) is 17.8 Å². The number of carbonyl (C=O) groups is 3. The van der Waals surface area contributed by atoms with Gasteiger partial charge in [-0.05, 0) is 6.07 Å². The Morgan fingerprint density at radius 1 is 1.32 bits per heavy atom. The Kier molecular flexibility index (Phi) is 3.69. The van der Waals surface area contributed by atoms with E-state index in [1.165, 1.54) is 11.3 Å². The van der Waals surface area contributed by atoms with Crippen LogP contribution < -0.4 is 16.0 Å². The summed E-state index contributed by atoms with van der Waals surface area (Å²) in [5.41, 5.74) is 2.06. The Balaban J connectivity index is 1.60. The standard InChI is InChI=1S/C16H13N5O3S/c22-13-7-11(18-15(24)20-13)14(23)17-10-4-2-1-3-9(10)12-8-21-5-6-25-16(21)19-12/h1-6,8,11H,7H2,(H,17,23)(H2,18,20,22,24). The molecule has 1 aromatic carbocycles. The summed E-state index contributed by atoms with van der Waals surface area (Å²) in [6.45, 7) is 0. The predicted molar refractivity (Wildman–Crippen MR) is 92.2 cm³/mol. The van der Waals surface area contributed by atoms with Crippen LogP contribution in [-0.4, -0.2) is 33.3 Å². The molecule has 126 valence electrons. The van der Waals surface area contributed by atoms with Crippen molar-refractivity contribution in [2.75, 3.05) is 5.32 Å². The van der Waals surface area contributed by atoms with Gasteiger partial charge < -0.3 is 10.6 Å². The number of thiazole rings is 1. The third kappa shape index (κ3) is 2.96. The van der Waals surface area contributed by atoms with E-state index in [-0.39, 0.29) is 6.42 Å². The van der Waals surface area contributed by atoms with Gasteiger partial charge in [0.2, 0.25) is 11.8 Å². The van der Waals surface area contributed by atoms with Gasteiger partial charge in [0.25, 0.3) is 0 Å². The van der Waals surface area contributed by atoms with E-state index in [0.717, 1.165) is 16.2 Å². The second-order valence-electron chi connectivity index (χ2n) is 5.53. The van der Waals surface area contributed by atoms with Crippen LogP contribution in [0.4, 0.5) is 10.5 Å². The first-order chi connectivity index (χ1) is 12.1. The van der Waals surface area contributed by atoms with Gasteiger partial charge in [0.1, 0.15) is 6.04 Å². The topological polar surface area (TPSA) is 105 Å². The van der Waals surface area contributed by atoms with E-state index in [1.807, 2.05) is 34.3 Å². The molecule has 0 aliphatic carbocycles. The van der Waals surface area contributed by atoms with Crippen LogP contribution in [-0.2, 0) is 9.59 Å². The SMILES string of the molecule is O=C1CC(C(=O)Nc2ccccc2-c2cn3ccsc3n2)NC(=O)N1. The zero-order valence-corrected chi connectivity index (χ0v) is 13.7. The second kappa shape index (κ2) is 6.02. The fourth-order valence-electron chi connectivity index (χ4n) is 2.66. The van der Waals surface area contributed by atoms with Gasteiger partial charge in [0.15, 0.2) is 4.96 Å². The summed E-state index contributed by atoms with van der Waals surface area (Å²) in [7, 11) is 0. The van der Waals surface area contributed by atoms with Crippen LogP contribution in [0.25, 0.3) is 16.2 Å². The molecule has 3 N–H and O–H groups in total. The maximum atomic E-state index is 12.4. The first-order valence-electron chi connectivity index (χ1n) is 7.53. The Bertz CT molecular complexity index is 948. The van der Waals surface area contributed by atoms with Crippen LogP contribution in [0.3, 0.4) is 0 Å². The zero-order chi connectivity index (χ0) is 17.4. The lowest BCUT2D eigenvalue weighted by Crippen LogP contribution is -2.56. The van der Waals surface area contributed by atoms with Gasteiger partial charge in [-0.15, -0.1) is 11.3 Å². The highest BCUT2D eigenvalue weighted by atomic mass is 32.1. The van der Waals surface area contributed by atoms with Gasteiger partial charge >= 0.3 is 6.03 Å². The third-order valence-corrected chi connectivity index (χ3v) is 4.59. The molecule has 0 radical (unpaired) electrons. The molecule has 4 rings (SSSR count). The van der Waals surface area contributed by atoms with Crippen molar-refractivity contribution in [2.45, 2.75) is 12.5 Å². The molecule has 1 aliphatic heterocycles. The van der Waals surface area contributed by atoms with Crippen molar-refractivity contribution in [1.82, 2.24) is 20.0 Å². The van der Waals surface area contributed by atoms with Crippen LogP contribution in [0.15, 0.2) is 42.0 Å². The lowest BCUT2D eigenvalue weighted by atomic mass is 10.1. The van der Waals surface area contributed by atoms with E-state index in [4.69, 9.17) is 0 Å². The lowest BCUT2D eigenvalue weighted by molar-refractivity contribution is -0.126. The van der Waals surface area contributed by atoms with Crippen molar-refractivity contribution < 1.29 is 14.4 Å². The smallest absolute Gasteiger partial charge is 0.322 e. The Morgan fingerprint density at radius 2 is 2.16 bits per heavy atom. The highest BCUT2D eigenvalue weighted by Crippen LogP contribution is 2.28. The highest BCUT2D eigenvalue weighted by Gasteiger charge is 2.29. The molecule has 1 aliphatic rings. The molecule has 0 spiro atoms. The third-order valence-electron chi connectivity index (χ3n) is 3.82. The van der Waals surface area contributed by atoms with Crippen molar-refractivity contribution in [3.8, 4) is 11.3 Å². The molecule has 8 nitrogen and oxygen atoms in total. The van der Waals surface area contributed by atoms with Crippen LogP contribution in [0.2, 0.25) is 0 Å². The summed E-state index contributed by atoms with van der Waals surface area (Å²) in [5.74, 6) is -0.928. The number of fused-ring (bicyclic) bond motifs is 1. The van der Waals surface area contributed by atoms with Crippen molar-refractivity contribution in [3.63, 3.8) is 0 Å². The second-order valence-corrected chi connectivity index (χ2v) is 6.41. The molecular weight excluding hydrogens is 342 g/mol. The first-order valence-corrected chi connectivity index (χ1v) is 8.41. The zero-order valence-electron chi connectivity index (χ0n) is 12.9. The number of urea groups is 1. The van der Waals surface area contributed by atoms with Crippen molar-refractivity contribution in [2.24, 2.45) is 0 Å². The Labute approximate surface area is 145 Å². The van der Waals surface area contributed by atoms with Crippen LogP contribution in [0.1, 0.15) is 6.42 Å². The predicted octanol–water partition coefficient (Wildman–Crippen LogP) is 1.60. The fourth-order valence-corrected chi connectivity index (χ4v) is 3.36. The molecule has 3 aromatic rings. The molecule has 4 amide bonds. The van der Waals surface area contributed by atoms with E-state index >= 15 is 0 Å². The minimum atomic E-state index is -0.903. The number of hydrogen-bond acceptors (Lipinski definition) is 5. The molecular formula is C16H13N5O3S. The fraction of sp³-hybridized carbons (Fsp3) is 0.125. The van der Waals surface area contributed by atoms with Gasteiger partial charge in [-0.3, -0.25) is 19.3 Å². The van der Waals surface area contributed by atoms with Crippen molar-refractivity contribution in [1.29, 1.82) is 0 Å². The molecule has 1 atom stereocenters. The van der Waals surface area contributed by atoms with Gasteiger partial charge in [-0.1, -0.05) is 18.2 Å². The van der Waals surface area contributed by atoms with E-state index in [1.54, 1.807) is 12.1 Å². The van der Waals surface area contributed by atoms with Gasteiger partial charge in [0, 0.05) is 23.3 Å². The van der Waals surface area contributed by atoms with E-state index in [2.05, 4.69) is 20.9 Å². The normalized spacial score (nSPS) is 17.2. The number of imide groups is 1. The maximum Gasteiger partial charge on any atom is 0.322 e. The van der Waals surface area contributed by atoms with Crippen molar-refractivity contribution >= 4 is 39.8 Å². The monoisotopic (exact) mass is 355 g/mol. The lowest BCUT2D eigenvalue weighted by Gasteiger charge is -2.22. The number of rotatable bonds is 3. The summed E-state index contributed by atoms with van der Waals surface area (Å²) < 4.78 is 1.91. The van der Waals surface area contributed by atoms with E-state index in [9.17, 15) is 14.4 Å². The van der Waals surface area contributed by atoms with Gasteiger partial charge in [-0.25, -0.2) is 9.78 Å².